The van der Waals surface area contributed by atoms with Gasteiger partial charge in [0.15, 0.2) is 0 Å². The summed E-state index contributed by atoms with van der Waals surface area (Å²) in [6.07, 6.45) is 3.74. The Bertz CT molecular complexity index is 1160. The summed E-state index contributed by atoms with van der Waals surface area (Å²) in [5.74, 6) is -0.0342. The van der Waals surface area contributed by atoms with Crippen LogP contribution in [0, 0.1) is 5.82 Å². The Morgan fingerprint density at radius 3 is 2.59 bits per heavy atom. The molecule has 5 nitrogen and oxygen atoms in total. The number of halogens is 1. The summed E-state index contributed by atoms with van der Waals surface area (Å²) in [6, 6.07) is 20.6. The summed E-state index contributed by atoms with van der Waals surface area (Å²) >= 11 is 0. The first-order chi connectivity index (χ1) is 15.5. The summed E-state index contributed by atoms with van der Waals surface area (Å²) < 4.78 is 18.8. The highest BCUT2D eigenvalue weighted by Crippen LogP contribution is 2.33. The fraction of sp³-hybridized carbons (Fsp3) is 0.154. The van der Waals surface area contributed by atoms with Crippen molar-refractivity contribution in [1.29, 1.82) is 0 Å². The van der Waals surface area contributed by atoms with Crippen molar-refractivity contribution < 1.29 is 18.7 Å². The van der Waals surface area contributed by atoms with Crippen LogP contribution in [-0.2, 0) is 16.2 Å². The van der Waals surface area contributed by atoms with Gasteiger partial charge < -0.3 is 15.0 Å². The largest absolute Gasteiger partial charge is 0.489 e. The average Bonchev–Trinajstić information content (AvgIpc) is 2.79. The molecule has 0 radical (unpaired) electrons. The number of benzene rings is 3. The standard InChI is InChI=1S/C26H23FN2O3/c1-18(30)29-14-13-20-5-2-3-8-24(20)25(29)16-26(31)28-22-6-4-7-23(15-22)32-17-19-9-11-21(27)12-10-19/h2-15,25H,16-17H2,1H3,(H,28,31)/t25-/m1/s1. The monoisotopic (exact) mass is 430 g/mol. The highest BCUT2D eigenvalue weighted by atomic mass is 19.1. The third-order valence-corrected chi connectivity index (χ3v) is 5.28. The molecule has 0 aromatic heterocycles. The van der Waals surface area contributed by atoms with Crippen LogP contribution in [0.1, 0.15) is 36.1 Å². The van der Waals surface area contributed by atoms with Crippen molar-refractivity contribution in [1.82, 2.24) is 4.90 Å². The van der Waals surface area contributed by atoms with E-state index in [0.29, 0.717) is 11.4 Å². The maximum Gasteiger partial charge on any atom is 0.226 e. The Kier molecular flexibility index (Phi) is 6.31. The fourth-order valence-corrected chi connectivity index (χ4v) is 3.71. The molecule has 1 aliphatic heterocycles. The predicted molar refractivity (Wildman–Crippen MR) is 121 cm³/mol. The molecule has 1 N–H and O–H groups in total. The van der Waals surface area contributed by atoms with Gasteiger partial charge in [0.25, 0.3) is 0 Å². The Morgan fingerprint density at radius 1 is 1.03 bits per heavy atom. The zero-order chi connectivity index (χ0) is 22.5. The van der Waals surface area contributed by atoms with E-state index in [1.165, 1.54) is 19.1 Å². The third kappa shape index (κ3) is 5.03. The second kappa shape index (κ2) is 9.47. The lowest BCUT2D eigenvalue weighted by molar-refractivity contribution is -0.129. The zero-order valence-corrected chi connectivity index (χ0v) is 17.6. The predicted octanol–water partition coefficient (Wildman–Crippen LogP) is 5.31. The molecule has 0 bridgehead atoms. The van der Waals surface area contributed by atoms with E-state index in [1.807, 2.05) is 30.3 Å². The van der Waals surface area contributed by atoms with E-state index in [0.717, 1.165) is 16.7 Å². The molecule has 1 atom stereocenters. The van der Waals surface area contributed by atoms with Gasteiger partial charge in [0.1, 0.15) is 18.2 Å². The smallest absolute Gasteiger partial charge is 0.226 e. The van der Waals surface area contributed by atoms with Gasteiger partial charge in [-0.2, -0.15) is 0 Å². The number of rotatable bonds is 6. The second-order valence-corrected chi connectivity index (χ2v) is 7.58. The van der Waals surface area contributed by atoms with Crippen molar-refractivity contribution in [3.8, 4) is 5.75 Å². The molecular weight excluding hydrogens is 407 g/mol. The molecule has 1 heterocycles. The van der Waals surface area contributed by atoms with E-state index >= 15 is 0 Å². The first-order valence-corrected chi connectivity index (χ1v) is 10.3. The van der Waals surface area contributed by atoms with Gasteiger partial charge in [0.05, 0.1) is 12.5 Å². The summed E-state index contributed by atoms with van der Waals surface area (Å²) in [4.78, 5) is 26.5. The van der Waals surface area contributed by atoms with Gasteiger partial charge in [0, 0.05) is 24.9 Å². The maximum absolute atomic E-state index is 13.0. The molecule has 0 spiro atoms. The molecule has 0 aliphatic carbocycles. The fourth-order valence-electron chi connectivity index (χ4n) is 3.71. The van der Waals surface area contributed by atoms with E-state index in [1.54, 1.807) is 47.5 Å². The van der Waals surface area contributed by atoms with Crippen molar-refractivity contribution in [3.63, 3.8) is 0 Å². The Labute approximate surface area is 186 Å². The number of hydrogen-bond donors (Lipinski definition) is 1. The number of carbonyl (C=O) groups is 2. The Morgan fingerprint density at radius 2 is 1.81 bits per heavy atom. The lowest BCUT2D eigenvalue weighted by Gasteiger charge is -2.32. The molecule has 0 unspecified atom stereocenters. The molecule has 3 aromatic carbocycles. The maximum atomic E-state index is 13.0. The minimum atomic E-state index is -0.369. The van der Waals surface area contributed by atoms with Crippen molar-refractivity contribution >= 4 is 23.6 Å². The topological polar surface area (TPSA) is 58.6 Å². The molecule has 2 amide bonds. The lowest BCUT2D eigenvalue weighted by Crippen LogP contribution is -2.33. The molecule has 32 heavy (non-hydrogen) atoms. The minimum Gasteiger partial charge on any atom is -0.489 e. The van der Waals surface area contributed by atoms with E-state index in [2.05, 4.69) is 5.32 Å². The summed E-state index contributed by atoms with van der Waals surface area (Å²) in [7, 11) is 0. The summed E-state index contributed by atoms with van der Waals surface area (Å²) in [5.41, 5.74) is 3.38. The lowest BCUT2D eigenvalue weighted by atomic mass is 9.93. The Balaban J connectivity index is 1.42. The molecule has 3 aromatic rings. The van der Waals surface area contributed by atoms with Crippen LogP contribution >= 0.6 is 0 Å². The molecule has 0 saturated heterocycles. The normalized spacial score (nSPS) is 14.6. The van der Waals surface area contributed by atoms with Gasteiger partial charge >= 0.3 is 0 Å². The molecule has 0 saturated carbocycles. The van der Waals surface area contributed by atoms with Crippen LogP contribution in [-0.4, -0.2) is 16.7 Å². The van der Waals surface area contributed by atoms with Gasteiger partial charge in [-0.1, -0.05) is 42.5 Å². The van der Waals surface area contributed by atoms with Crippen LogP contribution in [0.25, 0.3) is 6.08 Å². The number of amides is 2. The van der Waals surface area contributed by atoms with E-state index in [-0.39, 0.29) is 36.7 Å². The number of fused-ring (bicyclic) bond motifs is 1. The van der Waals surface area contributed by atoms with Crippen LogP contribution in [0.15, 0.2) is 79.0 Å². The van der Waals surface area contributed by atoms with Crippen LogP contribution in [0.2, 0.25) is 0 Å². The van der Waals surface area contributed by atoms with Crippen molar-refractivity contribution in [3.05, 3.63) is 102 Å². The van der Waals surface area contributed by atoms with Gasteiger partial charge in [-0.15, -0.1) is 0 Å². The molecule has 0 fully saturated rings. The number of carbonyl (C=O) groups excluding carboxylic acids is 2. The van der Waals surface area contributed by atoms with Crippen molar-refractivity contribution in [2.45, 2.75) is 26.0 Å². The number of hydrogen-bond acceptors (Lipinski definition) is 3. The Hall–Kier alpha value is -3.93. The SMILES string of the molecule is CC(=O)N1C=Cc2ccccc2[C@H]1CC(=O)Nc1cccc(OCc2ccc(F)cc2)c1. The first-order valence-electron chi connectivity index (χ1n) is 10.3. The molecule has 6 heteroatoms. The van der Waals surface area contributed by atoms with Gasteiger partial charge in [-0.05, 0) is 47.0 Å². The zero-order valence-electron chi connectivity index (χ0n) is 17.6. The quantitative estimate of drug-likeness (QED) is 0.577. The van der Waals surface area contributed by atoms with Crippen LogP contribution < -0.4 is 10.1 Å². The second-order valence-electron chi connectivity index (χ2n) is 7.58. The molecule has 1 aliphatic rings. The number of nitrogens with one attached hydrogen (secondary N) is 1. The number of ether oxygens (including phenoxy) is 1. The van der Waals surface area contributed by atoms with E-state index < -0.39 is 0 Å². The summed E-state index contributed by atoms with van der Waals surface area (Å²) in [5, 5.41) is 2.89. The number of anilines is 1. The highest BCUT2D eigenvalue weighted by Gasteiger charge is 2.28. The average molecular weight is 430 g/mol. The molecule has 4 rings (SSSR count). The van der Waals surface area contributed by atoms with Crippen molar-refractivity contribution in [2.24, 2.45) is 0 Å². The van der Waals surface area contributed by atoms with Crippen molar-refractivity contribution in [2.75, 3.05) is 5.32 Å². The minimum absolute atomic E-state index is 0.121. The third-order valence-electron chi connectivity index (χ3n) is 5.28. The van der Waals surface area contributed by atoms with Crippen LogP contribution in [0.4, 0.5) is 10.1 Å². The van der Waals surface area contributed by atoms with Gasteiger partial charge in [-0.25, -0.2) is 4.39 Å². The molecule has 162 valence electrons. The van der Waals surface area contributed by atoms with Crippen LogP contribution in [0.5, 0.6) is 5.75 Å². The number of nitrogens with zero attached hydrogens (tertiary/aromatic N) is 1. The van der Waals surface area contributed by atoms with Gasteiger partial charge in [-0.3, -0.25) is 9.59 Å². The van der Waals surface area contributed by atoms with E-state index in [9.17, 15) is 14.0 Å². The van der Waals surface area contributed by atoms with E-state index in [4.69, 9.17) is 4.74 Å². The highest BCUT2D eigenvalue weighted by molar-refractivity contribution is 5.92. The first kappa shape index (κ1) is 21.3. The van der Waals surface area contributed by atoms with Crippen LogP contribution in [0.3, 0.4) is 0 Å². The van der Waals surface area contributed by atoms with Gasteiger partial charge in [0.2, 0.25) is 11.8 Å². The molecular formula is C26H23FN2O3. The summed E-state index contributed by atoms with van der Waals surface area (Å²) in [6.45, 7) is 1.78.